The summed E-state index contributed by atoms with van der Waals surface area (Å²) in [7, 11) is -3.11. The van der Waals surface area contributed by atoms with Gasteiger partial charge in [0.1, 0.15) is 0 Å². The van der Waals surface area contributed by atoms with Crippen LogP contribution in [0.5, 0.6) is 0 Å². The first-order valence-electron chi connectivity index (χ1n) is 6.12. The average Bonchev–Trinajstić information content (AvgIpc) is 2.28. The largest absolute Gasteiger partial charge is 0.296 e. The van der Waals surface area contributed by atoms with E-state index in [2.05, 4.69) is 14.6 Å². The molecule has 100 valence electrons. The van der Waals surface area contributed by atoms with E-state index in [9.17, 15) is 8.42 Å². The zero-order chi connectivity index (χ0) is 13.0. The highest BCUT2D eigenvalue weighted by atomic mass is 32.2. The molecule has 5 nitrogen and oxygen atoms in total. The Morgan fingerprint density at radius 1 is 1.50 bits per heavy atom. The summed E-state index contributed by atoms with van der Waals surface area (Å²) in [6.45, 7) is 2.53. The second kappa shape index (κ2) is 5.77. The van der Waals surface area contributed by atoms with Crippen molar-refractivity contribution in [2.75, 3.05) is 19.3 Å². The third-order valence-electron chi connectivity index (χ3n) is 3.00. The van der Waals surface area contributed by atoms with Crippen molar-refractivity contribution in [2.45, 2.75) is 25.4 Å². The Kier molecular flexibility index (Phi) is 4.31. The van der Waals surface area contributed by atoms with Crippen LogP contribution in [0.25, 0.3) is 0 Å². The Bertz CT molecular complexity index is 475. The SMILES string of the molecule is CS(=O)(=O)N[C@@H]1CCCN(Cc2ccccn2)C1. The fraction of sp³-hybridized carbons (Fsp3) is 0.583. The van der Waals surface area contributed by atoms with Crippen LogP contribution < -0.4 is 4.72 Å². The van der Waals surface area contributed by atoms with Crippen molar-refractivity contribution < 1.29 is 8.42 Å². The molecule has 0 aromatic carbocycles. The number of aromatic nitrogens is 1. The molecule has 1 fully saturated rings. The minimum Gasteiger partial charge on any atom is -0.296 e. The van der Waals surface area contributed by atoms with E-state index < -0.39 is 10.0 Å². The minimum absolute atomic E-state index is 0.0254. The van der Waals surface area contributed by atoms with Gasteiger partial charge in [-0.3, -0.25) is 9.88 Å². The Hall–Kier alpha value is -0.980. The topological polar surface area (TPSA) is 62.3 Å². The third-order valence-corrected chi connectivity index (χ3v) is 3.76. The third kappa shape index (κ3) is 4.36. The summed E-state index contributed by atoms with van der Waals surface area (Å²) in [5.41, 5.74) is 1.03. The van der Waals surface area contributed by atoms with Crippen LogP contribution >= 0.6 is 0 Å². The maximum atomic E-state index is 11.2. The van der Waals surface area contributed by atoms with Crippen LogP contribution in [0.3, 0.4) is 0 Å². The van der Waals surface area contributed by atoms with E-state index >= 15 is 0 Å². The highest BCUT2D eigenvalue weighted by molar-refractivity contribution is 7.88. The quantitative estimate of drug-likeness (QED) is 0.869. The molecule has 0 bridgehead atoms. The van der Waals surface area contributed by atoms with Crippen molar-refractivity contribution in [1.82, 2.24) is 14.6 Å². The van der Waals surface area contributed by atoms with Crippen LogP contribution in [-0.4, -0.2) is 43.7 Å². The Balaban J connectivity index is 1.91. The Morgan fingerprint density at radius 2 is 2.33 bits per heavy atom. The maximum absolute atomic E-state index is 11.2. The molecular formula is C12H19N3O2S. The molecule has 1 N–H and O–H groups in total. The summed E-state index contributed by atoms with van der Waals surface area (Å²) >= 11 is 0. The van der Waals surface area contributed by atoms with Crippen LogP contribution in [0, 0.1) is 0 Å². The average molecular weight is 269 g/mol. The second-order valence-electron chi connectivity index (χ2n) is 4.79. The first kappa shape index (κ1) is 13.5. The summed E-state index contributed by atoms with van der Waals surface area (Å²) in [6.07, 6.45) is 4.92. The van der Waals surface area contributed by atoms with Gasteiger partial charge in [-0.2, -0.15) is 0 Å². The molecule has 1 atom stereocenters. The monoisotopic (exact) mass is 269 g/mol. The summed E-state index contributed by atoms with van der Waals surface area (Å²) in [5, 5.41) is 0. The number of hydrogen-bond donors (Lipinski definition) is 1. The van der Waals surface area contributed by atoms with Crippen LogP contribution in [-0.2, 0) is 16.6 Å². The lowest BCUT2D eigenvalue weighted by Crippen LogP contribution is -2.47. The molecule has 6 heteroatoms. The molecule has 0 unspecified atom stereocenters. The first-order chi connectivity index (χ1) is 8.53. The molecule has 1 aliphatic heterocycles. The van der Waals surface area contributed by atoms with Crippen LogP contribution in [0.2, 0.25) is 0 Å². The van der Waals surface area contributed by atoms with Crippen LogP contribution in [0.15, 0.2) is 24.4 Å². The first-order valence-corrected chi connectivity index (χ1v) is 8.02. The standard InChI is InChI=1S/C12H19N3O2S/c1-18(16,17)14-12-6-4-8-15(10-12)9-11-5-2-3-7-13-11/h2-3,5,7,12,14H,4,6,8-10H2,1H3/t12-/m1/s1. The number of likely N-dealkylation sites (tertiary alicyclic amines) is 1. The molecule has 0 radical (unpaired) electrons. The van der Waals surface area contributed by atoms with E-state index in [1.807, 2.05) is 18.2 Å². The van der Waals surface area contributed by atoms with Gasteiger partial charge < -0.3 is 0 Å². The van der Waals surface area contributed by atoms with Gasteiger partial charge in [0.2, 0.25) is 10.0 Å². The lowest BCUT2D eigenvalue weighted by molar-refractivity contribution is 0.192. The number of nitrogens with zero attached hydrogens (tertiary/aromatic N) is 2. The van der Waals surface area contributed by atoms with E-state index in [1.165, 1.54) is 6.26 Å². The van der Waals surface area contributed by atoms with Gasteiger partial charge in [0.05, 0.1) is 11.9 Å². The van der Waals surface area contributed by atoms with Gasteiger partial charge in [-0.05, 0) is 31.5 Å². The van der Waals surface area contributed by atoms with Gasteiger partial charge in [0.15, 0.2) is 0 Å². The lowest BCUT2D eigenvalue weighted by atomic mass is 10.1. The molecule has 2 heterocycles. The van der Waals surface area contributed by atoms with Gasteiger partial charge in [-0.1, -0.05) is 6.07 Å². The fourth-order valence-corrected chi connectivity index (χ4v) is 3.12. The van der Waals surface area contributed by atoms with Crippen LogP contribution in [0.1, 0.15) is 18.5 Å². The molecule has 0 saturated carbocycles. The number of nitrogens with one attached hydrogen (secondary N) is 1. The number of piperidine rings is 1. The summed E-state index contributed by atoms with van der Waals surface area (Å²) < 4.78 is 25.1. The van der Waals surface area contributed by atoms with Crippen molar-refractivity contribution in [3.05, 3.63) is 30.1 Å². The molecule has 1 aromatic heterocycles. The van der Waals surface area contributed by atoms with Gasteiger partial charge in [-0.25, -0.2) is 13.1 Å². The molecule has 0 aliphatic carbocycles. The summed E-state index contributed by atoms with van der Waals surface area (Å²) in [5.74, 6) is 0. The van der Waals surface area contributed by atoms with Gasteiger partial charge in [-0.15, -0.1) is 0 Å². The second-order valence-corrected chi connectivity index (χ2v) is 6.57. The highest BCUT2D eigenvalue weighted by Gasteiger charge is 2.22. The minimum atomic E-state index is -3.11. The van der Waals surface area contributed by atoms with Crippen molar-refractivity contribution >= 4 is 10.0 Å². The Labute approximate surface area is 108 Å². The van der Waals surface area contributed by atoms with E-state index in [4.69, 9.17) is 0 Å². The normalized spacial score (nSPS) is 21.9. The van der Waals surface area contributed by atoms with E-state index in [0.717, 1.165) is 38.2 Å². The zero-order valence-corrected chi connectivity index (χ0v) is 11.4. The van der Waals surface area contributed by atoms with Crippen molar-refractivity contribution in [3.8, 4) is 0 Å². The van der Waals surface area contributed by atoms with E-state index in [-0.39, 0.29) is 6.04 Å². The molecular weight excluding hydrogens is 250 g/mol. The predicted octanol–water partition coefficient (Wildman–Crippen LogP) is 0.595. The molecule has 2 rings (SSSR count). The van der Waals surface area contributed by atoms with Crippen LogP contribution in [0.4, 0.5) is 0 Å². The molecule has 1 aromatic rings. The smallest absolute Gasteiger partial charge is 0.208 e. The van der Waals surface area contributed by atoms with Gasteiger partial charge >= 0.3 is 0 Å². The lowest BCUT2D eigenvalue weighted by Gasteiger charge is -2.32. The zero-order valence-electron chi connectivity index (χ0n) is 10.5. The summed E-state index contributed by atoms with van der Waals surface area (Å²) in [4.78, 5) is 6.54. The van der Waals surface area contributed by atoms with E-state index in [0.29, 0.717) is 0 Å². The number of hydrogen-bond acceptors (Lipinski definition) is 4. The van der Waals surface area contributed by atoms with Crippen molar-refractivity contribution in [2.24, 2.45) is 0 Å². The molecule has 18 heavy (non-hydrogen) atoms. The number of rotatable bonds is 4. The summed E-state index contributed by atoms with van der Waals surface area (Å²) in [6, 6.07) is 5.89. The van der Waals surface area contributed by atoms with Gasteiger partial charge in [0.25, 0.3) is 0 Å². The maximum Gasteiger partial charge on any atom is 0.208 e. The molecule has 0 spiro atoms. The number of sulfonamides is 1. The number of pyridine rings is 1. The van der Waals surface area contributed by atoms with Crippen molar-refractivity contribution in [3.63, 3.8) is 0 Å². The van der Waals surface area contributed by atoms with E-state index in [1.54, 1.807) is 6.20 Å². The predicted molar refractivity (Wildman–Crippen MR) is 70.5 cm³/mol. The fourth-order valence-electron chi connectivity index (χ4n) is 2.32. The molecule has 1 aliphatic rings. The molecule has 1 saturated heterocycles. The van der Waals surface area contributed by atoms with Gasteiger partial charge in [0, 0.05) is 25.3 Å². The highest BCUT2D eigenvalue weighted by Crippen LogP contribution is 2.13. The molecule has 0 amide bonds. The Morgan fingerprint density at radius 3 is 3.00 bits per heavy atom. The van der Waals surface area contributed by atoms with Crippen molar-refractivity contribution in [1.29, 1.82) is 0 Å².